The highest BCUT2D eigenvalue weighted by molar-refractivity contribution is 6.15. The van der Waals surface area contributed by atoms with Crippen LogP contribution in [0, 0.1) is 12.7 Å². The number of rotatable bonds is 4. The van der Waals surface area contributed by atoms with Crippen LogP contribution in [-0.4, -0.2) is 24.8 Å². The number of hydrogen-bond donors (Lipinski definition) is 0. The third-order valence-electron chi connectivity index (χ3n) is 4.93. The zero-order valence-electron chi connectivity index (χ0n) is 17.2. The average molecular weight is 432 g/mol. The fourth-order valence-electron chi connectivity index (χ4n) is 3.24. The summed E-state index contributed by atoms with van der Waals surface area (Å²) in [6.07, 6.45) is 1.56. The Balaban J connectivity index is 1.57. The topological polar surface area (TPSA) is 78.9 Å². The second-order valence-corrected chi connectivity index (χ2v) is 7.02. The van der Waals surface area contributed by atoms with Gasteiger partial charge >= 0.3 is 11.9 Å². The monoisotopic (exact) mass is 432 g/mol. The smallest absolute Gasteiger partial charge is 0.343 e. The van der Waals surface area contributed by atoms with Crippen molar-refractivity contribution < 1.29 is 33.0 Å². The van der Waals surface area contributed by atoms with Crippen LogP contribution in [0.2, 0.25) is 0 Å². The zero-order chi connectivity index (χ0) is 22.8. The minimum Gasteiger partial charge on any atom is -0.465 e. The van der Waals surface area contributed by atoms with Crippen LogP contribution in [0.1, 0.15) is 42.2 Å². The van der Waals surface area contributed by atoms with Crippen molar-refractivity contribution in [1.82, 2.24) is 0 Å². The van der Waals surface area contributed by atoms with Crippen molar-refractivity contribution >= 4 is 23.8 Å². The van der Waals surface area contributed by atoms with E-state index >= 15 is 0 Å². The second kappa shape index (κ2) is 8.47. The van der Waals surface area contributed by atoms with Crippen LogP contribution in [0.5, 0.6) is 11.5 Å². The summed E-state index contributed by atoms with van der Waals surface area (Å²) in [7, 11) is 1.30. The molecular weight excluding hydrogens is 415 g/mol. The first-order valence-electron chi connectivity index (χ1n) is 9.61. The van der Waals surface area contributed by atoms with Gasteiger partial charge in [-0.2, -0.15) is 0 Å². The molecule has 0 fully saturated rings. The molecule has 0 unspecified atom stereocenters. The molecule has 1 heterocycles. The first-order chi connectivity index (χ1) is 15.4. The first-order valence-corrected chi connectivity index (χ1v) is 9.61. The Labute approximate surface area is 182 Å². The molecule has 0 aromatic heterocycles. The van der Waals surface area contributed by atoms with Crippen molar-refractivity contribution in [3.05, 3.63) is 100 Å². The Bertz CT molecular complexity index is 1270. The summed E-state index contributed by atoms with van der Waals surface area (Å²) in [4.78, 5) is 36.6. The van der Waals surface area contributed by atoms with Crippen molar-refractivity contribution in [2.75, 3.05) is 7.11 Å². The number of esters is 2. The molecular formula is C25H17FO6. The lowest BCUT2D eigenvalue weighted by atomic mass is 10.1. The van der Waals surface area contributed by atoms with Crippen molar-refractivity contribution in [3.8, 4) is 11.5 Å². The van der Waals surface area contributed by atoms with E-state index in [9.17, 15) is 18.8 Å². The molecule has 0 atom stereocenters. The second-order valence-electron chi connectivity index (χ2n) is 7.02. The standard InChI is InChI=1S/C25H17FO6/c1-14-20(32-25(29)17-4-3-5-18(26)13-17)11-10-19-22(27)21(31-23(14)19)12-15-6-8-16(9-7-15)24(28)30-2/h3-13H,1-2H3/b21-12-. The lowest BCUT2D eigenvalue weighted by Gasteiger charge is -2.10. The molecule has 160 valence electrons. The number of halogens is 1. The van der Waals surface area contributed by atoms with Gasteiger partial charge in [0.1, 0.15) is 17.3 Å². The van der Waals surface area contributed by atoms with Gasteiger partial charge in [-0.15, -0.1) is 0 Å². The summed E-state index contributed by atoms with van der Waals surface area (Å²) in [5.74, 6) is -1.45. The summed E-state index contributed by atoms with van der Waals surface area (Å²) >= 11 is 0. The molecule has 0 saturated heterocycles. The van der Waals surface area contributed by atoms with Crippen LogP contribution in [0.3, 0.4) is 0 Å². The molecule has 3 aromatic carbocycles. The predicted molar refractivity (Wildman–Crippen MR) is 113 cm³/mol. The first kappa shape index (κ1) is 21.0. The molecule has 1 aliphatic heterocycles. The number of carbonyl (C=O) groups is 3. The number of ketones is 1. The van der Waals surface area contributed by atoms with Crippen molar-refractivity contribution in [3.63, 3.8) is 0 Å². The summed E-state index contributed by atoms with van der Waals surface area (Å²) in [5.41, 5.74) is 1.91. The number of Topliss-reactive ketones (excluding diaryl/α,β-unsaturated/α-hetero) is 1. The van der Waals surface area contributed by atoms with E-state index < -0.39 is 17.8 Å². The van der Waals surface area contributed by atoms with Crippen LogP contribution < -0.4 is 9.47 Å². The van der Waals surface area contributed by atoms with Crippen LogP contribution in [0.25, 0.3) is 6.08 Å². The highest BCUT2D eigenvalue weighted by Gasteiger charge is 2.30. The van der Waals surface area contributed by atoms with E-state index in [1.54, 1.807) is 37.3 Å². The molecule has 3 aromatic rings. The number of methoxy groups -OCH3 is 1. The van der Waals surface area contributed by atoms with Gasteiger partial charge in [0.15, 0.2) is 5.76 Å². The highest BCUT2D eigenvalue weighted by Crippen LogP contribution is 2.39. The molecule has 1 aliphatic rings. The maximum Gasteiger partial charge on any atom is 0.343 e. The fraction of sp³-hybridized carbons (Fsp3) is 0.0800. The van der Waals surface area contributed by atoms with E-state index in [0.29, 0.717) is 22.3 Å². The predicted octanol–water partition coefficient (Wildman–Crippen LogP) is 4.76. The molecule has 0 amide bonds. The van der Waals surface area contributed by atoms with Crippen molar-refractivity contribution in [1.29, 1.82) is 0 Å². The van der Waals surface area contributed by atoms with Gasteiger partial charge in [0.25, 0.3) is 0 Å². The lowest BCUT2D eigenvalue weighted by Crippen LogP contribution is -2.09. The molecule has 7 heteroatoms. The molecule has 0 aliphatic carbocycles. The third kappa shape index (κ3) is 4.00. The van der Waals surface area contributed by atoms with Crippen LogP contribution in [-0.2, 0) is 4.74 Å². The minimum absolute atomic E-state index is 0.0675. The Morgan fingerprint density at radius 2 is 1.72 bits per heavy atom. The largest absolute Gasteiger partial charge is 0.465 e. The Kier molecular flexibility index (Phi) is 5.55. The summed E-state index contributed by atoms with van der Waals surface area (Å²) in [6, 6.07) is 14.7. The molecule has 4 rings (SSSR count). The van der Waals surface area contributed by atoms with Gasteiger partial charge in [0.05, 0.1) is 23.8 Å². The SMILES string of the molecule is COC(=O)c1ccc(/C=C2\Oc3c(ccc(OC(=O)c4cccc(F)c4)c3C)C2=O)cc1. The number of fused-ring (bicyclic) bond motifs is 1. The molecule has 0 spiro atoms. The lowest BCUT2D eigenvalue weighted by molar-refractivity contribution is 0.0600. The molecule has 0 saturated carbocycles. The highest BCUT2D eigenvalue weighted by atomic mass is 19.1. The maximum atomic E-state index is 13.4. The van der Waals surface area contributed by atoms with Gasteiger partial charge in [0.2, 0.25) is 5.78 Å². The number of carbonyl (C=O) groups excluding carboxylic acids is 3. The van der Waals surface area contributed by atoms with Crippen molar-refractivity contribution in [2.24, 2.45) is 0 Å². The molecule has 0 bridgehead atoms. The van der Waals surface area contributed by atoms with Gasteiger partial charge in [-0.25, -0.2) is 14.0 Å². The van der Waals surface area contributed by atoms with Crippen LogP contribution in [0.4, 0.5) is 4.39 Å². The summed E-state index contributed by atoms with van der Waals surface area (Å²) in [5, 5.41) is 0. The quantitative estimate of drug-likeness (QED) is 0.336. The van der Waals surface area contributed by atoms with E-state index in [1.165, 1.54) is 37.4 Å². The number of benzene rings is 3. The summed E-state index contributed by atoms with van der Waals surface area (Å²) in [6.45, 7) is 1.66. The van der Waals surface area contributed by atoms with Crippen LogP contribution in [0.15, 0.2) is 66.4 Å². The molecule has 0 N–H and O–H groups in total. The fourth-order valence-corrected chi connectivity index (χ4v) is 3.24. The van der Waals surface area contributed by atoms with E-state index in [1.807, 2.05) is 0 Å². The van der Waals surface area contributed by atoms with E-state index in [0.717, 1.165) is 6.07 Å². The Morgan fingerprint density at radius 3 is 2.41 bits per heavy atom. The molecule has 0 radical (unpaired) electrons. The van der Waals surface area contributed by atoms with E-state index in [2.05, 4.69) is 4.74 Å². The van der Waals surface area contributed by atoms with Gasteiger partial charge < -0.3 is 14.2 Å². The molecule has 6 nitrogen and oxygen atoms in total. The van der Waals surface area contributed by atoms with Crippen molar-refractivity contribution in [2.45, 2.75) is 6.92 Å². The number of ether oxygens (including phenoxy) is 3. The van der Waals surface area contributed by atoms with Gasteiger partial charge in [-0.05, 0) is 61.0 Å². The third-order valence-corrected chi connectivity index (χ3v) is 4.93. The average Bonchev–Trinajstić information content (AvgIpc) is 3.11. The van der Waals surface area contributed by atoms with E-state index in [-0.39, 0.29) is 28.6 Å². The number of allylic oxidation sites excluding steroid dienone is 1. The molecule has 32 heavy (non-hydrogen) atoms. The normalized spacial score (nSPS) is 13.5. The van der Waals surface area contributed by atoms with E-state index in [4.69, 9.17) is 9.47 Å². The van der Waals surface area contributed by atoms with Gasteiger partial charge in [0, 0.05) is 5.56 Å². The Morgan fingerprint density at radius 1 is 0.969 bits per heavy atom. The number of hydrogen-bond acceptors (Lipinski definition) is 6. The maximum absolute atomic E-state index is 13.4. The minimum atomic E-state index is -0.724. The summed E-state index contributed by atoms with van der Waals surface area (Å²) < 4.78 is 29.2. The Hall–Kier alpha value is -4.26. The van der Waals surface area contributed by atoms with Gasteiger partial charge in [-0.3, -0.25) is 4.79 Å². The van der Waals surface area contributed by atoms with Crippen LogP contribution >= 0.6 is 0 Å². The zero-order valence-corrected chi connectivity index (χ0v) is 17.2. The van der Waals surface area contributed by atoms with Gasteiger partial charge in [-0.1, -0.05) is 18.2 Å².